The second-order valence-corrected chi connectivity index (χ2v) is 5.54. The van der Waals surface area contributed by atoms with Gasteiger partial charge in [0.2, 0.25) is 0 Å². The summed E-state index contributed by atoms with van der Waals surface area (Å²) in [5.74, 6) is 0.290. The maximum Gasteiger partial charge on any atom is 0.407 e. The lowest BCUT2D eigenvalue weighted by atomic mass is 9.87. The molecule has 1 amide bonds. The molecule has 0 saturated heterocycles. The molecule has 0 fully saturated rings. The van der Waals surface area contributed by atoms with E-state index in [0.717, 1.165) is 24.8 Å². The third-order valence-corrected chi connectivity index (χ3v) is 4.04. The predicted molar refractivity (Wildman–Crippen MR) is 88.0 cm³/mol. The van der Waals surface area contributed by atoms with Crippen molar-refractivity contribution in [3.05, 3.63) is 59.9 Å². The van der Waals surface area contributed by atoms with Crippen LogP contribution in [0, 0.1) is 5.92 Å². The van der Waals surface area contributed by atoms with Gasteiger partial charge < -0.3 is 15.4 Å². The van der Waals surface area contributed by atoms with Crippen LogP contribution in [-0.4, -0.2) is 12.7 Å². The van der Waals surface area contributed by atoms with E-state index in [1.807, 2.05) is 30.3 Å². The molecule has 118 valence electrons. The molecule has 0 radical (unpaired) electrons. The van der Waals surface area contributed by atoms with E-state index in [4.69, 9.17) is 4.74 Å². The standard InChI is InChI=1S/C18H24N2O2/c1-3-19-17-11-7-10-16(14(17)2)13-22-18(21)20-12-15-8-5-4-6-9-15/h3-6,8-9,16,19H,1,7,10-13H2,2H3,(H,20,21). The van der Waals surface area contributed by atoms with Crippen molar-refractivity contribution >= 4 is 6.09 Å². The first kappa shape index (κ1) is 16.1. The molecule has 0 heterocycles. The largest absolute Gasteiger partial charge is 0.449 e. The fourth-order valence-electron chi connectivity index (χ4n) is 2.70. The Morgan fingerprint density at radius 2 is 2.18 bits per heavy atom. The maximum atomic E-state index is 11.8. The number of alkyl carbamates (subject to hydrolysis) is 1. The highest BCUT2D eigenvalue weighted by molar-refractivity contribution is 5.67. The van der Waals surface area contributed by atoms with Gasteiger partial charge in [0.25, 0.3) is 0 Å². The van der Waals surface area contributed by atoms with Crippen molar-refractivity contribution in [2.75, 3.05) is 6.61 Å². The molecule has 4 nitrogen and oxygen atoms in total. The quantitative estimate of drug-likeness (QED) is 0.842. The molecule has 1 aliphatic rings. The van der Waals surface area contributed by atoms with Gasteiger partial charge in [0.1, 0.15) is 0 Å². The number of hydrogen-bond acceptors (Lipinski definition) is 3. The van der Waals surface area contributed by atoms with Gasteiger partial charge in [-0.05, 0) is 43.5 Å². The fourth-order valence-corrected chi connectivity index (χ4v) is 2.70. The molecule has 0 aliphatic heterocycles. The fraction of sp³-hybridized carbons (Fsp3) is 0.389. The summed E-state index contributed by atoms with van der Waals surface area (Å²) in [4.78, 5) is 11.8. The Bertz CT molecular complexity index is 537. The molecule has 1 aliphatic carbocycles. The van der Waals surface area contributed by atoms with Gasteiger partial charge in [0.15, 0.2) is 0 Å². The van der Waals surface area contributed by atoms with Crippen molar-refractivity contribution in [2.45, 2.75) is 32.7 Å². The topological polar surface area (TPSA) is 50.4 Å². The summed E-state index contributed by atoms with van der Waals surface area (Å²) in [6.45, 7) is 6.71. The lowest BCUT2D eigenvalue weighted by molar-refractivity contribution is 0.128. The third-order valence-electron chi connectivity index (χ3n) is 4.04. The summed E-state index contributed by atoms with van der Waals surface area (Å²) in [5, 5.41) is 5.97. The molecular weight excluding hydrogens is 276 g/mol. The van der Waals surface area contributed by atoms with Crippen LogP contribution in [0.25, 0.3) is 0 Å². The Hall–Kier alpha value is -2.23. The van der Waals surface area contributed by atoms with E-state index in [-0.39, 0.29) is 6.09 Å². The van der Waals surface area contributed by atoms with Gasteiger partial charge in [-0.15, -0.1) is 0 Å². The van der Waals surface area contributed by atoms with Gasteiger partial charge in [-0.25, -0.2) is 4.79 Å². The summed E-state index contributed by atoms with van der Waals surface area (Å²) < 4.78 is 5.36. The maximum absolute atomic E-state index is 11.8. The summed E-state index contributed by atoms with van der Waals surface area (Å²) in [7, 11) is 0. The van der Waals surface area contributed by atoms with Crippen LogP contribution in [0.1, 0.15) is 31.7 Å². The van der Waals surface area contributed by atoms with Crippen LogP contribution in [0.5, 0.6) is 0 Å². The van der Waals surface area contributed by atoms with Crippen molar-refractivity contribution < 1.29 is 9.53 Å². The Balaban J connectivity index is 1.78. The van der Waals surface area contributed by atoms with Crippen molar-refractivity contribution in [1.29, 1.82) is 0 Å². The zero-order valence-corrected chi connectivity index (χ0v) is 13.1. The number of nitrogens with one attached hydrogen (secondary N) is 2. The number of carbonyl (C=O) groups is 1. The van der Waals surface area contributed by atoms with Crippen molar-refractivity contribution in [1.82, 2.24) is 10.6 Å². The van der Waals surface area contributed by atoms with Crippen LogP contribution in [-0.2, 0) is 11.3 Å². The van der Waals surface area contributed by atoms with Gasteiger partial charge in [-0.3, -0.25) is 0 Å². The van der Waals surface area contributed by atoms with Crippen LogP contribution in [0.3, 0.4) is 0 Å². The zero-order chi connectivity index (χ0) is 15.8. The van der Waals surface area contributed by atoms with E-state index in [1.54, 1.807) is 6.20 Å². The number of ether oxygens (including phenoxy) is 1. The second kappa shape index (κ2) is 8.27. The number of benzene rings is 1. The van der Waals surface area contributed by atoms with E-state index < -0.39 is 0 Å². The lowest BCUT2D eigenvalue weighted by Gasteiger charge is -2.26. The first-order chi connectivity index (χ1) is 10.7. The normalized spacial score (nSPS) is 17.8. The second-order valence-electron chi connectivity index (χ2n) is 5.54. The Kier molecular flexibility index (Phi) is 6.07. The van der Waals surface area contributed by atoms with Gasteiger partial charge in [-0.2, -0.15) is 0 Å². The van der Waals surface area contributed by atoms with E-state index in [1.165, 1.54) is 11.3 Å². The zero-order valence-electron chi connectivity index (χ0n) is 13.1. The highest BCUT2D eigenvalue weighted by atomic mass is 16.5. The van der Waals surface area contributed by atoms with Gasteiger partial charge in [-0.1, -0.05) is 36.9 Å². The minimum Gasteiger partial charge on any atom is -0.449 e. The number of amides is 1. The molecule has 0 bridgehead atoms. The minimum absolute atomic E-state index is 0.290. The van der Waals surface area contributed by atoms with Crippen LogP contribution in [0.2, 0.25) is 0 Å². The van der Waals surface area contributed by atoms with Crippen LogP contribution < -0.4 is 10.6 Å². The van der Waals surface area contributed by atoms with Crippen molar-refractivity contribution in [3.63, 3.8) is 0 Å². The van der Waals surface area contributed by atoms with Crippen molar-refractivity contribution in [2.24, 2.45) is 5.92 Å². The monoisotopic (exact) mass is 300 g/mol. The number of carbonyl (C=O) groups excluding carboxylic acids is 1. The van der Waals surface area contributed by atoms with Crippen LogP contribution in [0.15, 0.2) is 54.4 Å². The number of allylic oxidation sites excluding steroid dienone is 1. The predicted octanol–water partition coefficient (Wildman–Crippen LogP) is 3.72. The van der Waals surface area contributed by atoms with E-state index in [0.29, 0.717) is 19.1 Å². The average molecular weight is 300 g/mol. The Morgan fingerprint density at radius 3 is 2.91 bits per heavy atom. The molecule has 0 saturated carbocycles. The minimum atomic E-state index is -0.361. The summed E-state index contributed by atoms with van der Waals surface area (Å²) in [6, 6.07) is 9.80. The Morgan fingerprint density at radius 1 is 1.41 bits per heavy atom. The smallest absolute Gasteiger partial charge is 0.407 e. The molecular formula is C18H24N2O2. The SMILES string of the molecule is C=CNC1=C(C)C(COC(=O)NCc2ccccc2)CCC1. The molecule has 22 heavy (non-hydrogen) atoms. The molecule has 0 aromatic heterocycles. The first-order valence-corrected chi connectivity index (χ1v) is 7.72. The van der Waals surface area contributed by atoms with Gasteiger partial charge in [0.05, 0.1) is 6.61 Å². The number of hydrogen-bond donors (Lipinski definition) is 2. The molecule has 1 aromatic rings. The molecule has 1 atom stereocenters. The first-order valence-electron chi connectivity index (χ1n) is 7.72. The third kappa shape index (κ3) is 4.65. The lowest BCUT2D eigenvalue weighted by Crippen LogP contribution is -2.28. The van der Waals surface area contributed by atoms with Crippen molar-refractivity contribution in [3.8, 4) is 0 Å². The van der Waals surface area contributed by atoms with E-state index in [9.17, 15) is 4.79 Å². The highest BCUT2D eigenvalue weighted by Crippen LogP contribution is 2.28. The summed E-state index contributed by atoms with van der Waals surface area (Å²) >= 11 is 0. The van der Waals surface area contributed by atoms with Crippen LogP contribution >= 0.6 is 0 Å². The molecule has 2 N–H and O–H groups in total. The van der Waals surface area contributed by atoms with E-state index in [2.05, 4.69) is 24.1 Å². The van der Waals surface area contributed by atoms with Gasteiger partial charge >= 0.3 is 6.09 Å². The molecule has 2 rings (SSSR count). The molecule has 1 unspecified atom stereocenters. The molecule has 1 aromatic carbocycles. The van der Waals surface area contributed by atoms with Crippen LogP contribution in [0.4, 0.5) is 4.79 Å². The number of rotatable bonds is 6. The highest BCUT2D eigenvalue weighted by Gasteiger charge is 2.21. The van der Waals surface area contributed by atoms with E-state index >= 15 is 0 Å². The Labute approximate surface area is 132 Å². The van der Waals surface area contributed by atoms with Gasteiger partial charge in [0, 0.05) is 18.2 Å². The molecule has 4 heteroatoms. The molecule has 0 spiro atoms. The summed E-state index contributed by atoms with van der Waals surface area (Å²) in [5.41, 5.74) is 3.53. The average Bonchev–Trinajstić information content (AvgIpc) is 2.55. The summed E-state index contributed by atoms with van der Waals surface area (Å²) in [6.07, 6.45) is 4.54.